The van der Waals surface area contributed by atoms with Gasteiger partial charge in [-0.3, -0.25) is 0 Å². The Morgan fingerprint density at radius 1 is 1.20 bits per heavy atom. The number of rotatable bonds is 7. The van der Waals surface area contributed by atoms with Gasteiger partial charge in [-0.1, -0.05) is 20.3 Å². The van der Waals surface area contributed by atoms with Crippen LogP contribution in [0.2, 0.25) is 0 Å². The molecule has 0 bridgehead atoms. The summed E-state index contributed by atoms with van der Waals surface area (Å²) in [6, 6.07) is 7.10. The van der Waals surface area contributed by atoms with Crippen molar-refractivity contribution in [3.63, 3.8) is 0 Å². The van der Waals surface area contributed by atoms with Crippen LogP contribution in [0.15, 0.2) is 24.3 Å². The van der Waals surface area contributed by atoms with Crippen molar-refractivity contribution in [2.45, 2.75) is 33.1 Å². The second kappa shape index (κ2) is 9.31. The number of nitrogens with one attached hydrogen (secondary N) is 2. The van der Waals surface area contributed by atoms with E-state index in [4.69, 9.17) is 17.0 Å². The van der Waals surface area contributed by atoms with E-state index in [-0.39, 0.29) is 5.97 Å². The number of ether oxygens (including phenoxy) is 1. The first-order valence-corrected chi connectivity index (χ1v) is 7.40. The van der Waals surface area contributed by atoms with Crippen molar-refractivity contribution in [1.82, 2.24) is 5.32 Å². The lowest BCUT2D eigenvalue weighted by Crippen LogP contribution is -2.28. The predicted octanol–water partition coefficient (Wildman–Crippen LogP) is 3.34. The highest BCUT2D eigenvalue weighted by atomic mass is 32.1. The van der Waals surface area contributed by atoms with E-state index in [0.29, 0.717) is 17.3 Å². The molecule has 20 heavy (non-hydrogen) atoms. The largest absolute Gasteiger partial charge is 0.462 e. The van der Waals surface area contributed by atoms with Crippen molar-refractivity contribution < 1.29 is 9.53 Å². The minimum Gasteiger partial charge on any atom is -0.462 e. The number of esters is 1. The number of hydrogen-bond acceptors (Lipinski definition) is 3. The fourth-order valence-corrected chi connectivity index (χ4v) is 1.72. The van der Waals surface area contributed by atoms with Gasteiger partial charge in [-0.25, -0.2) is 4.79 Å². The zero-order chi connectivity index (χ0) is 14.8. The summed E-state index contributed by atoms with van der Waals surface area (Å²) >= 11 is 5.14. The summed E-state index contributed by atoms with van der Waals surface area (Å²) < 4.78 is 5.15. The highest BCUT2D eigenvalue weighted by molar-refractivity contribution is 7.80. The van der Waals surface area contributed by atoms with Crippen molar-refractivity contribution in [2.24, 2.45) is 0 Å². The molecule has 1 aromatic rings. The van der Waals surface area contributed by atoms with Crippen LogP contribution in [-0.2, 0) is 4.74 Å². The van der Waals surface area contributed by atoms with Crippen LogP contribution in [0, 0.1) is 0 Å². The molecule has 5 heteroatoms. The van der Waals surface area contributed by atoms with E-state index < -0.39 is 0 Å². The molecule has 0 amide bonds. The van der Waals surface area contributed by atoms with E-state index in [2.05, 4.69) is 24.5 Å². The number of thiocarbonyl (C=S) groups is 1. The molecule has 0 unspecified atom stereocenters. The number of unbranched alkanes of at least 4 members (excludes halogenated alkanes) is 1. The molecule has 0 aromatic heterocycles. The highest BCUT2D eigenvalue weighted by Gasteiger charge is 2.06. The molecule has 0 fully saturated rings. The molecule has 0 aliphatic heterocycles. The van der Waals surface area contributed by atoms with Gasteiger partial charge in [-0.2, -0.15) is 0 Å². The van der Waals surface area contributed by atoms with Gasteiger partial charge in [0.05, 0.1) is 12.2 Å². The van der Waals surface area contributed by atoms with Gasteiger partial charge in [-0.05, 0) is 49.3 Å². The number of carbonyl (C=O) groups is 1. The van der Waals surface area contributed by atoms with E-state index in [1.165, 1.54) is 0 Å². The Hall–Kier alpha value is -1.62. The van der Waals surface area contributed by atoms with Crippen LogP contribution in [0.25, 0.3) is 0 Å². The van der Waals surface area contributed by atoms with Gasteiger partial charge in [-0.15, -0.1) is 0 Å². The zero-order valence-electron chi connectivity index (χ0n) is 12.1. The molecule has 110 valence electrons. The fraction of sp³-hybridized carbons (Fsp3) is 0.467. The van der Waals surface area contributed by atoms with Gasteiger partial charge in [0.15, 0.2) is 5.11 Å². The number of hydrogen-bond donors (Lipinski definition) is 2. The van der Waals surface area contributed by atoms with Gasteiger partial charge in [0, 0.05) is 12.2 Å². The Balaban J connectivity index is 2.47. The lowest BCUT2D eigenvalue weighted by atomic mass is 10.2. The van der Waals surface area contributed by atoms with Crippen molar-refractivity contribution in [3.8, 4) is 0 Å². The van der Waals surface area contributed by atoms with Crippen LogP contribution in [-0.4, -0.2) is 24.2 Å². The first-order chi connectivity index (χ1) is 9.67. The van der Waals surface area contributed by atoms with E-state index in [1.54, 1.807) is 12.1 Å². The SMILES string of the molecule is CCCCOC(=O)c1ccc(NC(=S)NCCC)cc1. The average molecular weight is 294 g/mol. The topological polar surface area (TPSA) is 50.4 Å². The molecule has 0 saturated carbocycles. The van der Waals surface area contributed by atoms with E-state index >= 15 is 0 Å². The Morgan fingerprint density at radius 2 is 1.90 bits per heavy atom. The average Bonchev–Trinajstić information content (AvgIpc) is 2.46. The lowest BCUT2D eigenvalue weighted by molar-refractivity contribution is 0.0500. The fourth-order valence-electron chi connectivity index (χ4n) is 1.50. The minimum atomic E-state index is -0.281. The lowest BCUT2D eigenvalue weighted by Gasteiger charge is -2.10. The summed E-state index contributed by atoms with van der Waals surface area (Å²) in [6.07, 6.45) is 2.92. The third-order valence-corrected chi connectivity index (χ3v) is 2.89. The zero-order valence-corrected chi connectivity index (χ0v) is 12.9. The molecule has 0 heterocycles. The molecule has 2 N–H and O–H groups in total. The van der Waals surface area contributed by atoms with Gasteiger partial charge in [0.25, 0.3) is 0 Å². The van der Waals surface area contributed by atoms with Gasteiger partial charge in [0.1, 0.15) is 0 Å². The molecular weight excluding hydrogens is 272 g/mol. The maximum Gasteiger partial charge on any atom is 0.338 e. The van der Waals surface area contributed by atoms with Crippen molar-refractivity contribution in [1.29, 1.82) is 0 Å². The maximum absolute atomic E-state index is 11.7. The van der Waals surface area contributed by atoms with Gasteiger partial charge < -0.3 is 15.4 Å². The van der Waals surface area contributed by atoms with Crippen molar-refractivity contribution >= 4 is 29.0 Å². The molecule has 0 radical (unpaired) electrons. The van der Waals surface area contributed by atoms with Gasteiger partial charge in [0.2, 0.25) is 0 Å². The number of benzene rings is 1. The molecule has 0 atom stereocenters. The Bertz CT molecular complexity index is 432. The first kappa shape index (κ1) is 16.4. The Labute approximate surface area is 125 Å². The third-order valence-electron chi connectivity index (χ3n) is 2.65. The molecule has 0 aliphatic carbocycles. The van der Waals surface area contributed by atoms with Gasteiger partial charge >= 0.3 is 5.97 Å². The highest BCUT2D eigenvalue weighted by Crippen LogP contribution is 2.10. The predicted molar refractivity (Wildman–Crippen MR) is 86.1 cm³/mol. The van der Waals surface area contributed by atoms with E-state index in [1.807, 2.05) is 12.1 Å². The van der Waals surface area contributed by atoms with E-state index in [9.17, 15) is 4.79 Å². The molecule has 1 rings (SSSR count). The van der Waals surface area contributed by atoms with Crippen molar-refractivity contribution in [2.75, 3.05) is 18.5 Å². The second-order valence-electron chi connectivity index (χ2n) is 4.45. The second-order valence-corrected chi connectivity index (χ2v) is 4.86. The summed E-state index contributed by atoms with van der Waals surface area (Å²) in [7, 11) is 0. The van der Waals surface area contributed by atoms with Crippen LogP contribution in [0.5, 0.6) is 0 Å². The Kier molecular flexibility index (Phi) is 7.65. The van der Waals surface area contributed by atoms with Crippen molar-refractivity contribution in [3.05, 3.63) is 29.8 Å². The standard InChI is InChI=1S/C15H22N2O2S/c1-3-5-11-19-14(18)12-6-8-13(9-7-12)17-15(20)16-10-4-2/h6-9H,3-5,10-11H2,1-2H3,(H2,16,17,20). The molecule has 4 nitrogen and oxygen atoms in total. The minimum absolute atomic E-state index is 0.281. The molecule has 1 aromatic carbocycles. The normalized spacial score (nSPS) is 9.90. The third kappa shape index (κ3) is 6.02. The van der Waals surface area contributed by atoms with Crippen LogP contribution < -0.4 is 10.6 Å². The summed E-state index contributed by atoms with van der Waals surface area (Å²) in [5.74, 6) is -0.281. The quantitative estimate of drug-likeness (QED) is 0.459. The first-order valence-electron chi connectivity index (χ1n) is 6.99. The molecule has 0 saturated heterocycles. The number of carbonyl (C=O) groups excluding carboxylic acids is 1. The molecule has 0 spiro atoms. The Morgan fingerprint density at radius 3 is 2.50 bits per heavy atom. The summed E-state index contributed by atoms with van der Waals surface area (Å²) in [6.45, 7) is 5.45. The van der Waals surface area contributed by atoms with Crippen LogP contribution in [0.4, 0.5) is 5.69 Å². The van der Waals surface area contributed by atoms with Crippen LogP contribution in [0.3, 0.4) is 0 Å². The summed E-state index contributed by atoms with van der Waals surface area (Å²) in [5, 5.41) is 6.73. The summed E-state index contributed by atoms with van der Waals surface area (Å²) in [5.41, 5.74) is 1.41. The summed E-state index contributed by atoms with van der Waals surface area (Å²) in [4.78, 5) is 11.7. The van der Waals surface area contributed by atoms with E-state index in [0.717, 1.165) is 31.5 Å². The van der Waals surface area contributed by atoms with Crippen LogP contribution in [0.1, 0.15) is 43.5 Å². The molecule has 0 aliphatic rings. The van der Waals surface area contributed by atoms with Crippen LogP contribution >= 0.6 is 12.2 Å². The smallest absolute Gasteiger partial charge is 0.338 e. The number of anilines is 1. The monoisotopic (exact) mass is 294 g/mol. The maximum atomic E-state index is 11.7. The molecular formula is C15H22N2O2S.